The average molecular weight is 419 g/mol. The molecule has 2 amide bonds. The van der Waals surface area contributed by atoms with Gasteiger partial charge in [-0.15, -0.1) is 0 Å². The highest BCUT2D eigenvalue weighted by atomic mass is 19.1. The minimum atomic E-state index is -1.00. The van der Waals surface area contributed by atoms with Gasteiger partial charge in [0.05, 0.1) is 12.6 Å². The lowest BCUT2D eigenvalue weighted by molar-refractivity contribution is -0.127. The predicted octanol–water partition coefficient (Wildman–Crippen LogP) is 1.35. The lowest BCUT2D eigenvalue weighted by Crippen LogP contribution is -2.55. The predicted molar refractivity (Wildman–Crippen MR) is 99.9 cm³/mol. The van der Waals surface area contributed by atoms with E-state index in [1.807, 2.05) is 6.92 Å². The van der Waals surface area contributed by atoms with E-state index in [-0.39, 0.29) is 30.5 Å². The van der Waals surface area contributed by atoms with E-state index >= 15 is 0 Å². The number of ether oxygens (including phenoxy) is 1. The van der Waals surface area contributed by atoms with Gasteiger partial charge in [0.25, 0.3) is 11.8 Å². The maximum atomic E-state index is 13.8. The first-order valence-corrected chi connectivity index (χ1v) is 9.41. The van der Waals surface area contributed by atoms with Crippen molar-refractivity contribution in [1.29, 1.82) is 0 Å². The Morgan fingerprint density at radius 3 is 2.83 bits per heavy atom. The lowest BCUT2D eigenvalue weighted by Gasteiger charge is -2.42. The van der Waals surface area contributed by atoms with Gasteiger partial charge in [-0.25, -0.2) is 8.78 Å². The van der Waals surface area contributed by atoms with Crippen LogP contribution in [-0.2, 0) is 17.8 Å². The number of fused-ring (bicyclic) bond motifs is 2. The number of hydrogen-bond donors (Lipinski definition) is 2. The number of hydrogen-bond acceptors (Lipinski definition) is 5. The van der Waals surface area contributed by atoms with Gasteiger partial charge >= 0.3 is 0 Å². The van der Waals surface area contributed by atoms with Gasteiger partial charge in [-0.05, 0) is 19.4 Å². The molecular weight excluding hydrogens is 400 g/mol. The summed E-state index contributed by atoms with van der Waals surface area (Å²) in [4.78, 5) is 39.2. The van der Waals surface area contributed by atoms with E-state index in [4.69, 9.17) is 4.74 Å². The van der Waals surface area contributed by atoms with Crippen molar-refractivity contribution in [3.63, 3.8) is 0 Å². The van der Waals surface area contributed by atoms with E-state index in [2.05, 4.69) is 5.32 Å². The Labute approximate surface area is 169 Å². The van der Waals surface area contributed by atoms with E-state index < -0.39 is 46.4 Å². The first-order valence-electron chi connectivity index (χ1n) is 9.41. The molecule has 0 aliphatic carbocycles. The summed E-state index contributed by atoms with van der Waals surface area (Å²) >= 11 is 0. The molecule has 158 valence electrons. The lowest BCUT2D eigenvalue weighted by atomic mass is 10.1. The Hall–Kier alpha value is -3.27. The molecule has 0 saturated carbocycles. The van der Waals surface area contributed by atoms with Crippen molar-refractivity contribution in [2.45, 2.75) is 38.8 Å². The number of halogens is 2. The Kier molecular flexibility index (Phi) is 5.02. The Morgan fingerprint density at radius 2 is 2.10 bits per heavy atom. The molecule has 1 aromatic heterocycles. The standard InChI is InChI=1S/C20H19F2N3O5/c1-10-4-5-25-15(30-10)9-24-8-13(17(26)18(27)16(24)20(25)29)19(28)23-7-11-2-3-12(21)6-14(11)22/h2-3,6,8,10,15,27H,4-5,7,9H2,1H3,(H,23,28)/t10-,15+/m0/s1. The quantitative estimate of drug-likeness (QED) is 0.782. The largest absolute Gasteiger partial charge is 0.503 e. The first-order chi connectivity index (χ1) is 14.3. The fourth-order valence-corrected chi connectivity index (χ4v) is 3.67. The summed E-state index contributed by atoms with van der Waals surface area (Å²) in [5, 5.41) is 12.7. The highest BCUT2D eigenvalue weighted by Crippen LogP contribution is 2.28. The SMILES string of the molecule is C[C@H]1CCN2C(=O)c3c(O)c(=O)c(C(=O)NCc4ccc(F)cc4F)cn3C[C@H]2O1. The normalized spacial score (nSPS) is 20.5. The molecule has 2 aliphatic rings. The molecule has 2 aromatic rings. The maximum Gasteiger partial charge on any atom is 0.276 e. The van der Waals surface area contributed by atoms with Crippen molar-refractivity contribution in [2.24, 2.45) is 0 Å². The molecule has 2 N–H and O–H groups in total. The van der Waals surface area contributed by atoms with E-state index in [1.54, 1.807) is 0 Å². The molecule has 4 rings (SSSR count). The van der Waals surface area contributed by atoms with Gasteiger partial charge in [-0.2, -0.15) is 0 Å². The van der Waals surface area contributed by atoms with Crippen molar-refractivity contribution in [1.82, 2.24) is 14.8 Å². The molecule has 1 saturated heterocycles. The zero-order valence-corrected chi connectivity index (χ0v) is 16.0. The van der Waals surface area contributed by atoms with Gasteiger partial charge in [-0.3, -0.25) is 14.4 Å². The number of nitrogens with zero attached hydrogens (tertiary/aromatic N) is 2. The summed E-state index contributed by atoms with van der Waals surface area (Å²) in [6, 6.07) is 2.91. The summed E-state index contributed by atoms with van der Waals surface area (Å²) < 4.78 is 33.8. The second-order valence-electron chi connectivity index (χ2n) is 7.33. The van der Waals surface area contributed by atoms with Crippen LogP contribution < -0.4 is 10.7 Å². The molecule has 2 atom stereocenters. The molecule has 2 aliphatic heterocycles. The van der Waals surface area contributed by atoms with E-state index in [9.17, 15) is 28.3 Å². The number of aromatic hydroxyl groups is 1. The number of carbonyl (C=O) groups excluding carboxylic acids is 2. The summed E-state index contributed by atoms with van der Waals surface area (Å²) in [5.41, 5.74) is -1.57. The van der Waals surface area contributed by atoms with Gasteiger partial charge in [0.15, 0.2) is 17.7 Å². The number of aromatic nitrogens is 1. The van der Waals surface area contributed by atoms with Crippen LogP contribution in [0.3, 0.4) is 0 Å². The van der Waals surface area contributed by atoms with Crippen LogP contribution in [-0.4, -0.2) is 45.3 Å². The number of nitrogens with one attached hydrogen (secondary N) is 1. The van der Waals surface area contributed by atoms with Crippen molar-refractivity contribution in [3.8, 4) is 5.75 Å². The molecular formula is C20H19F2N3O5. The second kappa shape index (κ2) is 7.52. The van der Waals surface area contributed by atoms with E-state index in [1.165, 1.54) is 21.7 Å². The number of rotatable bonds is 3. The number of pyridine rings is 1. The topological polar surface area (TPSA) is 101 Å². The highest BCUT2D eigenvalue weighted by molar-refractivity contribution is 5.99. The average Bonchev–Trinajstić information content (AvgIpc) is 2.69. The molecule has 0 radical (unpaired) electrons. The van der Waals surface area contributed by atoms with Crippen molar-refractivity contribution in [2.75, 3.05) is 6.54 Å². The Bertz CT molecular complexity index is 1100. The summed E-state index contributed by atoms with van der Waals surface area (Å²) in [6.07, 6.45) is 1.20. The fourth-order valence-electron chi connectivity index (χ4n) is 3.67. The molecule has 30 heavy (non-hydrogen) atoms. The molecule has 8 nitrogen and oxygen atoms in total. The van der Waals surface area contributed by atoms with Gasteiger partial charge in [0.1, 0.15) is 17.2 Å². The van der Waals surface area contributed by atoms with E-state index in [0.29, 0.717) is 19.0 Å². The van der Waals surface area contributed by atoms with Crippen LogP contribution in [0.2, 0.25) is 0 Å². The van der Waals surface area contributed by atoms with Crippen LogP contribution in [0, 0.1) is 11.6 Å². The maximum absolute atomic E-state index is 13.8. The monoisotopic (exact) mass is 419 g/mol. The molecule has 10 heteroatoms. The molecule has 0 unspecified atom stereocenters. The third-order valence-electron chi connectivity index (χ3n) is 5.29. The minimum Gasteiger partial charge on any atom is -0.503 e. The van der Waals surface area contributed by atoms with Crippen LogP contribution in [0.1, 0.15) is 39.8 Å². The van der Waals surface area contributed by atoms with Crippen molar-refractivity contribution in [3.05, 3.63) is 63.1 Å². The molecule has 1 fully saturated rings. The van der Waals surface area contributed by atoms with Crippen LogP contribution in [0.25, 0.3) is 0 Å². The molecule has 0 spiro atoms. The van der Waals surface area contributed by atoms with Crippen molar-refractivity contribution >= 4 is 11.8 Å². The molecule has 3 heterocycles. The van der Waals surface area contributed by atoms with Crippen LogP contribution in [0.4, 0.5) is 8.78 Å². The van der Waals surface area contributed by atoms with Crippen LogP contribution >= 0.6 is 0 Å². The van der Waals surface area contributed by atoms with E-state index in [0.717, 1.165) is 6.07 Å². The Morgan fingerprint density at radius 1 is 1.33 bits per heavy atom. The fraction of sp³-hybridized carbons (Fsp3) is 0.350. The third kappa shape index (κ3) is 3.43. The summed E-state index contributed by atoms with van der Waals surface area (Å²) in [7, 11) is 0. The summed E-state index contributed by atoms with van der Waals surface area (Å²) in [5.74, 6) is -3.82. The third-order valence-corrected chi connectivity index (χ3v) is 5.29. The minimum absolute atomic E-state index is 0.0300. The van der Waals surface area contributed by atoms with Crippen LogP contribution in [0.15, 0.2) is 29.2 Å². The molecule has 1 aromatic carbocycles. The summed E-state index contributed by atoms with van der Waals surface area (Å²) in [6.45, 7) is 2.17. The van der Waals surface area contributed by atoms with Gasteiger partial charge in [0.2, 0.25) is 5.43 Å². The van der Waals surface area contributed by atoms with Gasteiger partial charge in [-0.1, -0.05) is 6.07 Å². The van der Waals surface area contributed by atoms with Gasteiger partial charge in [0, 0.05) is 30.9 Å². The van der Waals surface area contributed by atoms with Gasteiger partial charge < -0.3 is 24.6 Å². The number of carbonyl (C=O) groups is 2. The van der Waals surface area contributed by atoms with Crippen LogP contribution in [0.5, 0.6) is 5.75 Å². The van der Waals surface area contributed by atoms with Crippen molar-refractivity contribution < 1.29 is 28.2 Å². The zero-order valence-electron chi connectivity index (χ0n) is 16.0. The molecule has 0 bridgehead atoms. The zero-order chi connectivity index (χ0) is 21.6. The second-order valence-corrected chi connectivity index (χ2v) is 7.33. The smallest absolute Gasteiger partial charge is 0.276 e. The highest BCUT2D eigenvalue weighted by Gasteiger charge is 2.39. The number of amides is 2. The first kappa shape index (κ1) is 20.0. The number of benzene rings is 1. The Balaban J connectivity index is 1.61.